The Labute approximate surface area is 131 Å². The molecule has 0 aliphatic heterocycles. The van der Waals surface area contributed by atoms with Gasteiger partial charge in [0, 0.05) is 19.7 Å². The third-order valence-electron chi connectivity index (χ3n) is 2.93. The first kappa shape index (κ1) is 18.4. The fraction of sp³-hybridized carbons (Fsp3) is 0.562. The van der Waals surface area contributed by atoms with Crippen LogP contribution in [0.3, 0.4) is 0 Å². The van der Waals surface area contributed by atoms with Crippen LogP contribution in [0, 0.1) is 0 Å². The van der Waals surface area contributed by atoms with E-state index in [1.54, 1.807) is 38.3 Å². The molecule has 0 saturated carbocycles. The summed E-state index contributed by atoms with van der Waals surface area (Å²) < 4.78 is 15.4. The molecule has 0 bridgehead atoms. The molecular weight excluding hydrogens is 286 g/mol. The van der Waals surface area contributed by atoms with Crippen molar-refractivity contribution in [3.05, 3.63) is 29.8 Å². The molecule has 1 aromatic rings. The Kier molecular flexibility index (Phi) is 8.50. The van der Waals surface area contributed by atoms with Gasteiger partial charge in [-0.15, -0.1) is 0 Å². The number of hydrogen-bond acceptors (Lipinski definition) is 6. The maximum Gasteiger partial charge on any atom is 0.338 e. The molecule has 2 N–H and O–H groups in total. The Hall–Kier alpha value is -1.63. The number of ether oxygens (including phenoxy) is 3. The maximum atomic E-state index is 11.5. The summed E-state index contributed by atoms with van der Waals surface area (Å²) in [5.41, 5.74) is 0.477. The molecule has 124 valence electrons. The summed E-state index contributed by atoms with van der Waals surface area (Å²) >= 11 is 0. The fourth-order valence-corrected chi connectivity index (χ4v) is 1.80. The van der Waals surface area contributed by atoms with Crippen LogP contribution < -0.4 is 10.1 Å². The Morgan fingerprint density at radius 1 is 1.27 bits per heavy atom. The van der Waals surface area contributed by atoms with Gasteiger partial charge >= 0.3 is 5.97 Å². The van der Waals surface area contributed by atoms with Crippen molar-refractivity contribution in [2.24, 2.45) is 0 Å². The van der Waals surface area contributed by atoms with E-state index in [2.05, 4.69) is 5.32 Å². The number of esters is 1. The second-order valence-electron chi connectivity index (χ2n) is 4.97. The molecule has 0 radical (unpaired) electrons. The van der Waals surface area contributed by atoms with Crippen LogP contribution in [0.5, 0.6) is 5.75 Å². The molecular formula is C16H25NO5. The average molecular weight is 311 g/mol. The Morgan fingerprint density at radius 3 is 2.55 bits per heavy atom. The van der Waals surface area contributed by atoms with Crippen LogP contribution in [0.4, 0.5) is 0 Å². The lowest BCUT2D eigenvalue weighted by Gasteiger charge is -2.17. The number of carbonyl (C=O) groups excluding carboxylic acids is 1. The highest BCUT2D eigenvalue weighted by Gasteiger charge is 2.09. The van der Waals surface area contributed by atoms with Gasteiger partial charge in [0.1, 0.15) is 18.5 Å². The molecule has 22 heavy (non-hydrogen) atoms. The summed E-state index contributed by atoms with van der Waals surface area (Å²) in [6.45, 7) is 5.26. The molecule has 0 amide bonds. The molecule has 0 aliphatic carbocycles. The zero-order chi connectivity index (χ0) is 16.4. The average Bonchev–Trinajstić information content (AvgIpc) is 2.52. The van der Waals surface area contributed by atoms with Crippen molar-refractivity contribution < 1.29 is 24.1 Å². The van der Waals surface area contributed by atoms with E-state index in [0.717, 1.165) is 0 Å². The Balaban J connectivity index is 2.33. The van der Waals surface area contributed by atoms with Gasteiger partial charge in [0.05, 0.1) is 18.8 Å². The second kappa shape index (κ2) is 10.2. The van der Waals surface area contributed by atoms with Crippen LogP contribution >= 0.6 is 0 Å². The van der Waals surface area contributed by atoms with Crippen LogP contribution in [0.1, 0.15) is 24.2 Å². The van der Waals surface area contributed by atoms with Gasteiger partial charge in [0.2, 0.25) is 0 Å². The van der Waals surface area contributed by atoms with E-state index in [1.807, 2.05) is 6.92 Å². The maximum absolute atomic E-state index is 11.5. The highest BCUT2D eigenvalue weighted by atomic mass is 16.5. The van der Waals surface area contributed by atoms with Gasteiger partial charge < -0.3 is 24.6 Å². The predicted molar refractivity (Wildman–Crippen MR) is 83.2 cm³/mol. The third-order valence-corrected chi connectivity index (χ3v) is 2.93. The minimum absolute atomic E-state index is 0.170. The molecule has 0 aliphatic rings. The molecule has 6 nitrogen and oxygen atoms in total. The van der Waals surface area contributed by atoms with Gasteiger partial charge in [-0.2, -0.15) is 0 Å². The Bertz CT molecular complexity index is 435. The van der Waals surface area contributed by atoms with Crippen LogP contribution in [-0.2, 0) is 9.47 Å². The molecule has 1 rings (SSSR count). The first-order valence-electron chi connectivity index (χ1n) is 7.37. The highest BCUT2D eigenvalue weighted by molar-refractivity contribution is 5.89. The number of carbonyl (C=O) groups is 1. The largest absolute Gasteiger partial charge is 0.491 e. The van der Waals surface area contributed by atoms with Crippen molar-refractivity contribution >= 4 is 5.97 Å². The van der Waals surface area contributed by atoms with Gasteiger partial charge in [-0.1, -0.05) is 0 Å². The third kappa shape index (κ3) is 6.89. The molecule has 0 heterocycles. The summed E-state index contributed by atoms with van der Waals surface area (Å²) in [5, 5.41) is 13.0. The lowest BCUT2D eigenvalue weighted by molar-refractivity contribution is 0.0526. The van der Waals surface area contributed by atoms with E-state index in [-0.39, 0.29) is 18.6 Å². The number of aliphatic hydroxyl groups is 1. The van der Waals surface area contributed by atoms with Crippen molar-refractivity contribution in [2.75, 3.05) is 33.5 Å². The molecule has 2 atom stereocenters. The van der Waals surface area contributed by atoms with Crippen LogP contribution in [-0.4, -0.2) is 56.7 Å². The molecule has 6 heteroatoms. The van der Waals surface area contributed by atoms with Gasteiger partial charge in [-0.3, -0.25) is 0 Å². The minimum atomic E-state index is -0.621. The predicted octanol–water partition coefficient (Wildman–Crippen LogP) is 1.23. The normalized spacial score (nSPS) is 13.5. The summed E-state index contributed by atoms with van der Waals surface area (Å²) in [6, 6.07) is 6.81. The van der Waals surface area contributed by atoms with Crippen molar-refractivity contribution in [3.63, 3.8) is 0 Å². The summed E-state index contributed by atoms with van der Waals surface area (Å²) in [7, 11) is 1.64. The van der Waals surface area contributed by atoms with E-state index in [9.17, 15) is 9.90 Å². The number of hydrogen-bond donors (Lipinski definition) is 2. The number of benzene rings is 1. The highest BCUT2D eigenvalue weighted by Crippen LogP contribution is 2.13. The van der Waals surface area contributed by atoms with Crippen LogP contribution in [0.15, 0.2) is 24.3 Å². The van der Waals surface area contributed by atoms with E-state index in [4.69, 9.17) is 14.2 Å². The first-order chi connectivity index (χ1) is 10.6. The lowest BCUT2D eigenvalue weighted by atomic mass is 10.2. The van der Waals surface area contributed by atoms with Crippen molar-refractivity contribution in [2.45, 2.75) is 26.0 Å². The zero-order valence-electron chi connectivity index (χ0n) is 13.4. The van der Waals surface area contributed by atoms with Crippen molar-refractivity contribution in [1.29, 1.82) is 0 Å². The van der Waals surface area contributed by atoms with E-state index >= 15 is 0 Å². The van der Waals surface area contributed by atoms with Crippen LogP contribution in [0.25, 0.3) is 0 Å². The lowest BCUT2D eigenvalue weighted by Crippen LogP contribution is -2.38. The van der Waals surface area contributed by atoms with Crippen molar-refractivity contribution in [3.8, 4) is 5.75 Å². The number of methoxy groups -OCH3 is 1. The van der Waals surface area contributed by atoms with E-state index in [1.165, 1.54) is 0 Å². The van der Waals surface area contributed by atoms with Crippen LogP contribution in [0.2, 0.25) is 0 Å². The molecule has 0 spiro atoms. The van der Waals surface area contributed by atoms with Gasteiger partial charge in [0.25, 0.3) is 0 Å². The van der Waals surface area contributed by atoms with Crippen molar-refractivity contribution in [1.82, 2.24) is 5.32 Å². The summed E-state index contributed by atoms with van der Waals surface area (Å²) in [5.74, 6) is 0.238. The number of rotatable bonds is 10. The monoisotopic (exact) mass is 311 g/mol. The molecule has 1 aromatic carbocycles. The Morgan fingerprint density at radius 2 is 1.95 bits per heavy atom. The summed E-state index contributed by atoms with van der Waals surface area (Å²) in [6.07, 6.45) is -0.621. The fourth-order valence-electron chi connectivity index (χ4n) is 1.80. The van der Waals surface area contributed by atoms with E-state index < -0.39 is 6.10 Å². The van der Waals surface area contributed by atoms with Gasteiger partial charge in [-0.25, -0.2) is 4.79 Å². The second-order valence-corrected chi connectivity index (χ2v) is 4.97. The van der Waals surface area contributed by atoms with Gasteiger partial charge in [0.15, 0.2) is 0 Å². The number of aliphatic hydroxyl groups excluding tert-OH is 1. The summed E-state index contributed by atoms with van der Waals surface area (Å²) in [4.78, 5) is 11.5. The molecule has 0 saturated heterocycles. The zero-order valence-corrected chi connectivity index (χ0v) is 13.4. The first-order valence-corrected chi connectivity index (χ1v) is 7.37. The topological polar surface area (TPSA) is 77.0 Å². The molecule has 0 fully saturated rings. The van der Waals surface area contributed by atoms with Gasteiger partial charge in [-0.05, 0) is 38.1 Å². The number of nitrogens with one attached hydrogen (secondary N) is 1. The minimum Gasteiger partial charge on any atom is -0.491 e. The van der Waals surface area contributed by atoms with E-state index in [0.29, 0.717) is 31.1 Å². The smallest absolute Gasteiger partial charge is 0.338 e. The molecule has 0 aromatic heterocycles. The SMILES string of the molecule is CCOC(=O)c1ccc(OC[C@H](O)CN[C@@H](C)COC)cc1. The molecule has 0 unspecified atom stereocenters. The quantitative estimate of drug-likeness (QED) is 0.633. The standard InChI is InChI=1S/C16H25NO5/c1-4-21-16(19)13-5-7-15(8-6-13)22-11-14(18)9-17-12(2)10-20-3/h5-8,12,14,17-18H,4,9-11H2,1-3H3/t12-,14+/m0/s1.